The van der Waals surface area contributed by atoms with E-state index in [-0.39, 0.29) is 24.9 Å². The molecule has 14 heteroatoms. The fourth-order valence-electron chi connectivity index (χ4n) is 5.20. The van der Waals surface area contributed by atoms with E-state index in [9.17, 15) is 23.9 Å². The molecule has 0 atom stereocenters. The van der Waals surface area contributed by atoms with Crippen LogP contribution in [0.1, 0.15) is 47.0 Å². The second kappa shape index (κ2) is 10.7. The first kappa shape index (κ1) is 27.2. The highest BCUT2D eigenvalue weighted by Gasteiger charge is 2.44. The Hall–Kier alpha value is -4.33. The number of aromatic nitrogens is 5. The Bertz CT molecular complexity index is 1510. The number of carbonyl (C=O) groups is 2. The number of halogens is 1. The summed E-state index contributed by atoms with van der Waals surface area (Å²) in [7, 11) is 3.36. The molecule has 1 fully saturated rings. The summed E-state index contributed by atoms with van der Waals surface area (Å²) in [5.41, 5.74) is -1.22. The molecule has 1 spiro atoms. The van der Waals surface area contributed by atoms with Crippen molar-refractivity contribution in [3.8, 4) is 11.4 Å². The van der Waals surface area contributed by atoms with Crippen molar-refractivity contribution in [2.24, 2.45) is 0 Å². The van der Waals surface area contributed by atoms with Crippen LogP contribution in [-0.2, 0) is 23.4 Å². The number of nitrogens with zero attached hydrogens (tertiary/aromatic N) is 7. The van der Waals surface area contributed by atoms with Crippen LogP contribution in [0, 0.1) is 12.7 Å². The smallest absolute Gasteiger partial charge is 0.319 e. The molecule has 3 aromatic rings. The van der Waals surface area contributed by atoms with Crippen molar-refractivity contribution in [2.75, 3.05) is 33.8 Å². The number of piperidine rings is 1. The summed E-state index contributed by atoms with van der Waals surface area (Å²) in [5, 5.41) is 17.5. The van der Waals surface area contributed by atoms with Gasteiger partial charge < -0.3 is 25.0 Å². The van der Waals surface area contributed by atoms with Crippen molar-refractivity contribution in [3.63, 3.8) is 0 Å². The topological polar surface area (TPSA) is 148 Å². The Morgan fingerprint density at radius 3 is 2.65 bits per heavy atom. The van der Waals surface area contributed by atoms with Gasteiger partial charge in [0.2, 0.25) is 5.75 Å². The van der Waals surface area contributed by atoms with E-state index in [2.05, 4.69) is 20.4 Å². The number of rotatable bonds is 4. The van der Waals surface area contributed by atoms with Crippen LogP contribution < -0.4 is 10.9 Å². The number of aryl methyl sites for hydroxylation is 1. The molecule has 0 unspecified atom stereocenters. The number of nitrogens with one attached hydrogen (secondary N) is 1. The van der Waals surface area contributed by atoms with Gasteiger partial charge in [-0.3, -0.25) is 14.2 Å². The minimum absolute atomic E-state index is 0.0590. The van der Waals surface area contributed by atoms with Gasteiger partial charge >= 0.3 is 6.03 Å². The fourth-order valence-corrected chi connectivity index (χ4v) is 5.20. The SMILES string of the molecule is Cc1ncnn1-c1cc(F)ccc1CNC(=O)c1nc2n(c(=O)c1O)CCCOC21CCN(C(=O)N(C)C)CC1. The van der Waals surface area contributed by atoms with E-state index < -0.39 is 34.3 Å². The molecule has 2 aliphatic rings. The Morgan fingerprint density at radius 1 is 1.23 bits per heavy atom. The Labute approximate surface area is 229 Å². The number of benzene rings is 1. The standard InChI is InChI=1S/C26H31FN8O5/c1-16-29-15-30-35(16)19-13-18(27)6-5-17(19)14-28-22(37)20-21(36)23(38)34-9-4-12-40-26(24(34)31-20)7-10-33(11-8-26)25(39)32(2)3/h5-6,13,15,36H,4,7-12,14H2,1-3H3,(H,28,37). The Morgan fingerprint density at radius 2 is 1.98 bits per heavy atom. The van der Waals surface area contributed by atoms with Crippen LogP contribution in [0.3, 0.4) is 0 Å². The molecule has 2 N–H and O–H groups in total. The van der Waals surface area contributed by atoms with E-state index in [1.165, 1.54) is 38.7 Å². The van der Waals surface area contributed by atoms with Crippen LogP contribution in [0.4, 0.5) is 9.18 Å². The molecule has 40 heavy (non-hydrogen) atoms. The third kappa shape index (κ3) is 4.90. The van der Waals surface area contributed by atoms with Gasteiger partial charge in [0, 0.05) is 59.7 Å². The van der Waals surface area contributed by atoms with Crippen LogP contribution in [-0.4, -0.2) is 85.0 Å². The molecule has 1 aromatic carbocycles. The average Bonchev–Trinajstić information content (AvgIpc) is 3.29. The van der Waals surface area contributed by atoms with Crippen molar-refractivity contribution >= 4 is 11.9 Å². The maximum atomic E-state index is 14.0. The minimum atomic E-state index is -0.990. The highest BCUT2D eigenvalue weighted by atomic mass is 19.1. The van der Waals surface area contributed by atoms with Crippen molar-refractivity contribution in [1.29, 1.82) is 0 Å². The number of hydrogen-bond acceptors (Lipinski definition) is 8. The monoisotopic (exact) mass is 554 g/mol. The maximum Gasteiger partial charge on any atom is 0.319 e. The molecule has 13 nitrogen and oxygen atoms in total. The van der Waals surface area contributed by atoms with Crippen molar-refractivity contribution < 1.29 is 23.8 Å². The molecule has 4 heterocycles. The largest absolute Gasteiger partial charge is 0.501 e. The average molecular weight is 555 g/mol. The summed E-state index contributed by atoms with van der Waals surface area (Å²) in [4.78, 5) is 50.8. The van der Waals surface area contributed by atoms with E-state index in [0.717, 1.165) is 0 Å². The van der Waals surface area contributed by atoms with Crippen LogP contribution in [0.2, 0.25) is 0 Å². The van der Waals surface area contributed by atoms with E-state index in [4.69, 9.17) is 4.74 Å². The summed E-state index contributed by atoms with van der Waals surface area (Å²) in [5.74, 6) is -1.23. The number of fused-ring (bicyclic) bond motifs is 2. The number of likely N-dealkylation sites (tertiary alicyclic amines) is 1. The fraction of sp³-hybridized carbons (Fsp3) is 0.462. The number of aromatic hydroxyl groups is 1. The molecular weight excluding hydrogens is 523 g/mol. The summed E-state index contributed by atoms with van der Waals surface area (Å²) >= 11 is 0. The maximum absolute atomic E-state index is 14.0. The number of urea groups is 1. The highest BCUT2D eigenvalue weighted by Crippen LogP contribution is 2.38. The second-order valence-corrected chi connectivity index (χ2v) is 10.1. The van der Waals surface area contributed by atoms with Gasteiger partial charge in [-0.05, 0) is 31.0 Å². The first-order valence-electron chi connectivity index (χ1n) is 13.0. The molecule has 0 bridgehead atoms. The zero-order valence-corrected chi connectivity index (χ0v) is 22.6. The molecule has 0 saturated carbocycles. The van der Waals surface area contributed by atoms with E-state index in [1.807, 2.05) is 0 Å². The lowest BCUT2D eigenvalue weighted by Crippen LogP contribution is -2.50. The molecule has 0 aliphatic carbocycles. The highest BCUT2D eigenvalue weighted by molar-refractivity contribution is 5.94. The quantitative estimate of drug-likeness (QED) is 0.491. The summed E-state index contributed by atoms with van der Waals surface area (Å²) in [6.07, 6.45) is 2.62. The van der Waals surface area contributed by atoms with Gasteiger partial charge in [0.05, 0.1) is 5.69 Å². The molecule has 0 radical (unpaired) electrons. The molecule has 2 aliphatic heterocycles. The van der Waals surface area contributed by atoms with Gasteiger partial charge in [0.25, 0.3) is 11.5 Å². The van der Waals surface area contributed by atoms with Gasteiger partial charge in [-0.15, -0.1) is 0 Å². The van der Waals surface area contributed by atoms with Gasteiger partial charge in [-0.2, -0.15) is 5.10 Å². The Kier molecular flexibility index (Phi) is 7.27. The number of hydrogen-bond donors (Lipinski definition) is 2. The van der Waals surface area contributed by atoms with Crippen molar-refractivity contribution in [1.82, 2.24) is 39.4 Å². The van der Waals surface area contributed by atoms with Gasteiger partial charge in [-0.1, -0.05) is 6.07 Å². The molecule has 212 valence electrons. The second-order valence-electron chi connectivity index (χ2n) is 10.1. The predicted molar refractivity (Wildman–Crippen MR) is 140 cm³/mol. The van der Waals surface area contributed by atoms with Crippen LogP contribution in [0.5, 0.6) is 5.75 Å². The lowest BCUT2D eigenvalue weighted by Gasteiger charge is -2.41. The van der Waals surface area contributed by atoms with E-state index >= 15 is 0 Å². The number of carbonyl (C=O) groups excluding carboxylic acids is 2. The minimum Gasteiger partial charge on any atom is -0.501 e. The van der Waals surface area contributed by atoms with Gasteiger partial charge in [0.1, 0.15) is 29.4 Å². The van der Waals surface area contributed by atoms with Crippen molar-refractivity contribution in [3.05, 3.63) is 63.6 Å². The third-order valence-corrected chi connectivity index (χ3v) is 7.33. The lowest BCUT2D eigenvalue weighted by atomic mass is 9.89. The van der Waals surface area contributed by atoms with Crippen molar-refractivity contribution in [2.45, 2.75) is 44.9 Å². The van der Waals surface area contributed by atoms with Gasteiger partial charge in [-0.25, -0.2) is 23.8 Å². The number of ether oxygens (including phenoxy) is 1. The molecule has 2 aromatic heterocycles. The molecular formula is C26H31FN8O5. The zero-order chi connectivity index (χ0) is 28.6. The summed E-state index contributed by atoms with van der Waals surface area (Å²) in [6.45, 7) is 3.05. The van der Waals surface area contributed by atoms with Crippen LogP contribution >= 0.6 is 0 Å². The van der Waals surface area contributed by atoms with E-state index in [1.54, 1.807) is 25.9 Å². The summed E-state index contributed by atoms with van der Waals surface area (Å²) in [6, 6.07) is 3.93. The first-order chi connectivity index (χ1) is 19.1. The Balaban J connectivity index is 1.44. The number of amides is 3. The zero-order valence-electron chi connectivity index (χ0n) is 22.6. The molecule has 1 saturated heterocycles. The summed E-state index contributed by atoms with van der Waals surface area (Å²) < 4.78 is 23.1. The van der Waals surface area contributed by atoms with E-state index in [0.29, 0.717) is 56.0 Å². The predicted octanol–water partition coefficient (Wildman–Crippen LogP) is 1.30. The normalized spacial score (nSPS) is 16.4. The van der Waals surface area contributed by atoms with Crippen LogP contribution in [0.15, 0.2) is 29.3 Å². The lowest BCUT2D eigenvalue weighted by molar-refractivity contribution is -0.0870. The van der Waals surface area contributed by atoms with Gasteiger partial charge in [0.15, 0.2) is 5.69 Å². The molecule has 5 rings (SSSR count). The first-order valence-corrected chi connectivity index (χ1v) is 13.0. The molecule has 3 amide bonds. The third-order valence-electron chi connectivity index (χ3n) is 7.33. The van der Waals surface area contributed by atoms with Crippen LogP contribution in [0.25, 0.3) is 5.69 Å².